The SMILES string of the molecule is CSc1nnc(S[C@@H](C)C(=O)NC(=O)NCc2ccccc2)s1. The standard InChI is InChI=1S/C14H16N4O2S3/c1-9(22-14-18-17-13(21-2)23-14)11(19)16-12(20)15-8-10-6-4-3-5-7-10/h3-7,9H,8H2,1-2H3,(H2,15,16,19,20)/t9-/m0/s1. The van der Waals surface area contributed by atoms with Crippen molar-refractivity contribution in [2.45, 2.75) is 27.4 Å². The highest BCUT2D eigenvalue weighted by Crippen LogP contribution is 2.30. The number of aromatic nitrogens is 2. The van der Waals surface area contributed by atoms with Gasteiger partial charge >= 0.3 is 6.03 Å². The van der Waals surface area contributed by atoms with Crippen LogP contribution >= 0.6 is 34.9 Å². The number of hydrogen-bond acceptors (Lipinski definition) is 7. The molecule has 0 aliphatic rings. The van der Waals surface area contributed by atoms with E-state index in [2.05, 4.69) is 20.8 Å². The number of nitrogens with zero attached hydrogens (tertiary/aromatic N) is 2. The van der Waals surface area contributed by atoms with Gasteiger partial charge in [0, 0.05) is 6.54 Å². The van der Waals surface area contributed by atoms with Gasteiger partial charge in [0.05, 0.1) is 5.25 Å². The minimum atomic E-state index is -0.506. The number of thioether (sulfide) groups is 2. The van der Waals surface area contributed by atoms with Crippen molar-refractivity contribution in [2.75, 3.05) is 6.26 Å². The van der Waals surface area contributed by atoms with Crippen molar-refractivity contribution in [1.82, 2.24) is 20.8 Å². The summed E-state index contributed by atoms with van der Waals surface area (Å²) < 4.78 is 1.56. The summed E-state index contributed by atoms with van der Waals surface area (Å²) in [6.45, 7) is 2.10. The number of hydrogen-bond donors (Lipinski definition) is 2. The first-order chi connectivity index (χ1) is 11.1. The maximum absolute atomic E-state index is 12.0. The molecule has 23 heavy (non-hydrogen) atoms. The first-order valence-electron chi connectivity index (χ1n) is 6.75. The number of nitrogens with one attached hydrogen (secondary N) is 2. The van der Waals surface area contributed by atoms with E-state index in [1.165, 1.54) is 34.9 Å². The highest BCUT2D eigenvalue weighted by molar-refractivity contribution is 8.03. The summed E-state index contributed by atoms with van der Waals surface area (Å²) >= 11 is 4.22. The molecular weight excluding hydrogens is 352 g/mol. The van der Waals surface area contributed by atoms with Gasteiger partial charge in [0.2, 0.25) is 5.91 Å². The Labute approximate surface area is 146 Å². The van der Waals surface area contributed by atoms with Crippen molar-refractivity contribution in [1.29, 1.82) is 0 Å². The lowest BCUT2D eigenvalue weighted by molar-refractivity contribution is -0.119. The normalized spacial score (nSPS) is 11.7. The predicted octanol–water partition coefficient (Wildman–Crippen LogP) is 2.77. The lowest BCUT2D eigenvalue weighted by atomic mass is 10.2. The molecule has 1 atom stereocenters. The lowest BCUT2D eigenvalue weighted by Crippen LogP contribution is -2.42. The zero-order valence-corrected chi connectivity index (χ0v) is 15.1. The van der Waals surface area contributed by atoms with E-state index in [0.29, 0.717) is 10.9 Å². The molecule has 6 nitrogen and oxygen atoms in total. The van der Waals surface area contributed by atoms with Gasteiger partial charge in [-0.05, 0) is 18.7 Å². The van der Waals surface area contributed by atoms with Crippen LogP contribution in [0.25, 0.3) is 0 Å². The third kappa shape index (κ3) is 5.85. The molecule has 0 saturated heterocycles. The van der Waals surface area contributed by atoms with Crippen molar-refractivity contribution >= 4 is 46.8 Å². The molecule has 2 N–H and O–H groups in total. The third-order valence-electron chi connectivity index (χ3n) is 2.74. The molecule has 0 unspecified atom stereocenters. The summed E-state index contributed by atoms with van der Waals surface area (Å²) in [5.41, 5.74) is 0.968. The fourth-order valence-corrected chi connectivity index (χ4v) is 4.15. The van der Waals surface area contributed by atoms with Gasteiger partial charge in [-0.1, -0.05) is 65.2 Å². The topological polar surface area (TPSA) is 84.0 Å². The monoisotopic (exact) mass is 368 g/mol. The first-order valence-corrected chi connectivity index (χ1v) is 9.67. The Balaban J connectivity index is 1.77. The molecule has 2 rings (SSSR count). The summed E-state index contributed by atoms with van der Waals surface area (Å²) in [6, 6.07) is 8.99. The number of benzene rings is 1. The highest BCUT2D eigenvalue weighted by Gasteiger charge is 2.19. The van der Waals surface area contributed by atoms with Crippen molar-refractivity contribution < 1.29 is 9.59 Å². The molecular formula is C14H16N4O2S3. The quantitative estimate of drug-likeness (QED) is 0.763. The highest BCUT2D eigenvalue weighted by atomic mass is 32.2. The maximum Gasteiger partial charge on any atom is 0.321 e. The molecule has 0 radical (unpaired) electrons. The zero-order valence-electron chi connectivity index (χ0n) is 12.6. The molecule has 0 saturated carbocycles. The van der Waals surface area contributed by atoms with E-state index in [0.717, 1.165) is 9.90 Å². The third-order valence-corrected chi connectivity index (χ3v) is 5.83. The lowest BCUT2D eigenvalue weighted by Gasteiger charge is -2.10. The summed E-state index contributed by atoms with van der Waals surface area (Å²) in [6.07, 6.45) is 1.92. The summed E-state index contributed by atoms with van der Waals surface area (Å²) in [5, 5.41) is 12.5. The Hall–Kier alpha value is -1.58. The van der Waals surface area contributed by atoms with Gasteiger partial charge < -0.3 is 5.32 Å². The van der Waals surface area contributed by atoms with E-state index in [9.17, 15) is 9.59 Å². The molecule has 1 heterocycles. The van der Waals surface area contributed by atoms with Crippen molar-refractivity contribution in [3.05, 3.63) is 35.9 Å². The van der Waals surface area contributed by atoms with Crippen LogP contribution in [-0.2, 0) is 11.3 Å². The Morgan fingerprint density at radius 3 is 2.57 bits per heavy atom. The molecule has 0 aliphatic carbocycles. The van der Waals surface area contributed by atoms with E-state index in [1.807, 2.05) is 36.6 Å². The van der Waals surface area contributed by atoms with Crippen LogP contribution in [0.2, 0.25) is 0 Å². The number of urea groups is 1. The number of amides is 3. The predicted molar refractivity (Wildman–Crippen MR) is 93.8 cm³/mol. The van der Waals surface area contributed by atoms with Gasteiger partial charge in [-0.3, -0.25) is 10.1 Å². The molecule has 1 aromatic heterocycles. The van der Waals surface area contributed by atoms with Gasteiger partial charge in [0.15, 0.2) is 8.68 Å². The second-order valence-corrected chi connectivity index (χ2v) is 8.07. The second-order valence-electron chi connectivity index (χ2n) is 4.46. The average molecular weight is 369 g/mol. The Morgan fingerprint density at radius 1 is 1.22 bits per heavy atom. The zero-order chi connectivity index (χ0) is 16.7. The molecule has 0 spiro atoms. The molecule has 0 fully saturated rings. The Morgan fingerprint density at radius 2 is 1.91 bits per heavy atom. The van der Waals surface area contributed by atoms with Crippen molar-refractivity contribution in [3.63, 3.8) is 0 Å². The van der Waals surface area contributed by atoms with E-state index >= 15 is 0 Å². The Kier molecular flexibility index (Phi) is 6.87. The van der Waals surface area contributed by atoms with Crippen LogP contribution in [0.3, 0.4) is 0 Å². The van der Waals surface area contributed by atoms with Crippen LogP contribution in [0, 0.1) is 0 Å². The minimum Gasteiger partial charge on any atom is -0.334 e. The molecule has 3 amide bonds. The van der Waals surface area contributed by atoms with Crippen LogP contribution in [0.1, 0.15) is 12.5 Å². The largest absolute Gasteiger partial charge is 0.334 e. The van der Waals surface area contributed by atoms with E-state index in [4.69, 9.17) is 0 Å². The summed E-state index contributed by atoms with van der Waals surface area (Å²) in [5.74, 6) is -0.360. The van der Waals surface area contributed by atoms with Crippen LogP contribution in [0.4, 0.5) is 4.79 Å². The second kappa shape index (κ2) is 8.90. The summed E-state index contributed by atoms with van der Waals surface area (Å²) in [4.78, 5) is 23.8. The molecule has 9 heteroatoms. The smallest absolute Gasteiger partial charge is 0.321 e. The van der Waals surface area contributed by atoms with Gasteiger partial charge in [0.1, 0.15) is 0 Å². The fraction of sp³-hybridized carbons (Fsp3) is 0.286. The van der Waals surface area contributed by atoms with Crippen LogP contribution in [0.15, 0.2) is 39.0 Å². The summed E-state index contributed by atoms with van der Waals surface area (Å²) in [7, 11) is 0. The van der Waals surface area contributed by atoms with Gasteiger partial charge in [-0.2, -0.15) is 0 Å². The first kappa shape index (κ1) is 17.8. The molecule has 2 aromatic rings. The maximum atomic E-state index is 12.0. The Bertz CT molecular complexity index is 663. The van der Waals surface area contributed by atoms with Gasteiger partial charge in [0.25, 0.3) is 0 Å². The van der Waals surface area contributed by atoms with Crippen LogP contribution in [0.5, 0.6) is 0 Å². The van der Waals surface area contributed by atoms with Crippen molar-refractivity contribution in [2.24, 2.45) is 0 Å². The van der Waals surface area contributed by atoms with E-state index in [-0.39, 0.29) is 5.91 Å². The van der Waals surface area contributed by atoms with Gasteiger partial charge in [-0.15, -0.1) is 10.2 Å². The average Bonchev–Trinajstić information content (AvgIpc) is 3.01. The number of imide groups is 1. The van der Waals surface area contributed by atoms with Gasteiger partial charge in [-0.25, -0.2) is 4.79 Å². The molecule has 0 bridgehead atoms. The van der Waals surface area contributed by atoms with Crippen LogP contribution < -0.4 is 10.6 Å². The number of carbonyl (C=O) groups excluding carboxylic acids is 2. The molecule has 1 aromatic carbocycles. The van der Waals surface area contributed by atoms with Crippen molar-refractivity contribution in [3.8, 4) is 0 Å². The van der Waals surface area contributed by atoms with Crippen LogP contribution in [-0.4, -0.2) is 33.6 Å². The number of carbonyl (C=O) groups is 2. The van der Waals surface area contributed by atoms with E-state index in [1.54, 1.807) is 6.92 Å². The van der Waals surface area contributed by atoms with E-state index < -0.39 is 11.3 Å². The number of rotatable bonds is 6. The fourth-order valence-electron chi connectivity index (χ4n) is 1.57. The molecule has 122 valence electrons. The molecule has 0 aliphatic heterocycles. The minimum absolute atomic E-state index is 0.360.